The minimum Gasteiger partial charge on any atom is -0.361 e. The van der Waals surface area contributed by atoms with E-state index in [-0.39, 0.29) is 11.2 Å². The molecular weight excluding hydrogens is 483 g/mol. The number of aromatic nitrogens is 2. The van der Waals surface area contributed by atoms with Crippen molar-refractivity contribution in [3.8, 4) is 0 Å². The van der Waals surface area contributed by atoms with E-state index in [0.717, 1.165) is 56.6 Å². The molecule has 0 amide bonds. The molecule has 6 nitrogen and oxygen atoms in total. The van der Waals surface area contributed by atoms with Crippen molar-refractivity contribution in [2.24, 2.45) is 11.8 Å². The number of hydrogen-bond acceptors (Lipinski definition) is 5. The summed E-state index contributed by atoms with van der Waals surface area (Å²) in [5.74, 6) is 3.76. The number of benzene rings is 1. The topological polar surface area (TPSA) is 56.3 Å². The van der Waals surface area contributed by atoms with Crippen LogP contribution in [0.4, 0.5) is 22.0 Å². The van der Waals surface area contributed by atoms with E-state index < -0.39 is 0 Å². The molecule has 3 fully saturated rings. The van der Waals surface area contributed by atoms with Crippen molar-refractivity contribution >= 4 is 34.9 Å². The summed E-state index contributed by atoms with van der Waals surface area (Å²) in [5, 5.41) is 7.30. The summed E-state index contributed by atoms with van der Waals surface area (Å²) < 4.78 is 13.6. The van der Waals surface area contributed by atoms with Crippen LogP contribution in [0.3, 0.4) is 0 Å². The molecule has 2 N–H and O–H groups in total. The van der Waals surface area contributed by atoms with Crippen LogP contribution in [0.5, 0.6) is 0 Å². The van der Waals surface area contributed by atoms with Gasteiger partial charge in [0.05, 0.1) is 0 Å². The molecule has 1 aromatic heterocycles. The van der Waals surface area contributed by atoms with E-state index in [1.54, 1.807) is 12.1 Å². The maximum Gasteiger partial charge on any atom is 0.232 e. The van der Waals surface area contributed by atoms with Crippen LogP contribution in [-0.4, -0.2) is 47.8 Å². The van der Waals surface area contributed by atoms with E-state index in [1.165, 1.54) is 44.1 Å². The number of piperidine rings is 2. The van der Waals surface area contributed by atoms with E-state index in [2.05, 4.69) is 40.3 Å². The van der Waals surface area contributed by atoms with Crippen LogP contribution in [0.2, 0.25) is 0 Å². The van der Waals surface area contributed by atoms with Crippen molar-refractivity contribution in [1.29, 1.82) is 0 Å². The zero-order valence-electron chi connectivity index (χ0n) is 22.3. The van der Waals surface area contributed by atoms with Crippen LogP contribution in [0.1, 0.15) is 70.8 Å². The first-order valence-corrected chi connectivity index (χ1v) is 14.5. The minimum absolute atomic E-state index is 0.0261. The van der Waals surface area contributed by atoms with Crippen molar-refractivity contribution in [1.82, 2.24) is 15.3 Å². The van der Waals surface area contributed by atoms with Crippen molar-refractivity contribution in [2.45, 2.75) is 70.6 Å². The lowest BCUT2D eigenvalue weighted by atomic mass is 9.79. The SMILES string of the molecule is CC1CCN(c2cc(N3CCCC(C)C3)nc(NC(=S)NCC3(c4ccc(F)cc4)CCCC3)n2)CC1. The number of nitrogens with zero attached hydrogens (tertiary/aromatic N) is 4. The Morgan fingerprint density at radius 2 is 1.62 bits per heavy atom. The van der Waals surface area contributed by atoms with Gasteiger partial charge in [-0.1, -0.05) is 38.8 Å². The van der Waals surface area contributed by atoms with Gasteiger partial charge in [-0.25, -0.2) is 4.39 Å². The highest BCUT2D eigenvalue weighted by Crippen LogP contribution is 2.40. The third-order valence-electron chi connectivity index (χ3n) is 8.62. The van der Waals surface area contributed by atoms with Gasteiger partial charge in [0.25, 0.3) is 0 Å². The fourth-order valence-corrected chi connectivity index (χ4v) is 6.42. The van der Waals surface area contributed by atoms with Gasteiger partial charge in [-0.15, -0.1) is 0 Å². The zero-order valence-corrected chi connectivity index (χ0v) is 23.1. The van der Waals surface area contributed by atoms with Crippen LogP contribution < -0.4 is 20.4 Å². The highest BCUT2D eigenvalue weighted by atomic mass is 32.1. The minimum atomic E-state index is -0.193. The Bertz CT molecular complexity index is 1060. The summed E-state index contributed by atoms with van der Waals surface area (Å²) in [4.78, 5) is 14.6. The molecule has 1 aliphatic carbocycles. The predicted octanol–water partition coefficient (Wildman–Crippen LogP) is 5.89. The highest BCUT2D eigenvalue weighted by molar-refractivity contribution is 7.80. The second-order valence-electron chi connectivity index (χ2n) is 11.6. The van der Waals surface area contributed by atoms with E-state index >= 15 is 0 Å². The molecule has 1 saturated carbocycles. The van der Waals surface area contributed by atoms with Crippen LogP contribution >= 0.6 is 12.2 Å². The predicted molar refractivity (Wildman–Crippen MR) is 154 cm³/mol. The molecule has 1 aromatic carbocycles. The maximum absolute atomic E-state index is 13.6. The second kappa shape index (κ2) is 11.5. The molecule has 3 heterocycles. The lowest BCUT2D eigenvalue weighted by Crippen LogP contribution is -2.41. The van der Waals surface area contributed by atoms with Crippen molar-refractivity contribution in [3.05, 3.63) is 41.7 Å². The molecule has 5 rings (SSSR count). The first kappa shape index (κ1) is 26.1. The summed E-state index contributed by atoms with van der Waals surface area (Å²) >= 11 is 5.74. The first-order chi connectivity index (χ1) is 17.9. The Morgan fingerprint density at radius 3 is 2.30 bits per heavy atom. The van der Waals surface area contributed by atoms with Gasteiger partial charge in [0, 0.05) is 44.2 Å². The number of halogens is 1. The molecular formula is C29H41FN6S. The summed E-state index contributed by atoms with van der Waals surface area (Å²) in [7, 11) is 0. The van der Waals surface area contributed by atoms with Crippen LogP contribution in [0.15, 0.2) is 30.3 Å². The third-order valence-corrected chi connectivity index (χ3v) is 8.86. The lowest BCUT2D eigenvalue weighted by Gasteiger charge is -2.34. The van der Waals surface area contributed by atoms with Gasteiger partial charge in [0.15, 0.2) is 5.11 Å². The number of anilines is 3. The average Bonchev–Trinajstić information content (AvgIpc) is 3.38. The summed E-state index contributed by atoms with van der Waals surface area (Å²) in [6, 6.07) is 9.15. The van der Waals surface area contributed by atoms with E-state index in [4.69, 9.17) is 22.2 Å². The third kappa shape index (κ3) is 6.33. The number of nitrogens with one attached hydrogen (secondary N) is 2. The summed E-state index contributed by atoms with van der Waals surface area (Å²) in [5.41, 5.74) is 1.16. The Balaban J connectivity index is 1.31. The summed E-state index contributed by atoms with van der Waals surface area (Å²) in [6.45, 7) is 9.46. The molecule has 0 spiro atoms. The fourth-order valence-electron chi connectivity index (χ4n) is 6.26. The molecule has 200 valence electrons. The molecule has 8 heteroatoms. The monoisotopic (exact) mass is 524 g/mol. The molecule has 1 unspecified atom stereocenters. The molecule has 0 bridgehead atoms. The number of hydrogen-bond donors (Lipinski definition) is 2. The molecule has 3 aliphatic rings. The average molecular weight is 525 g/mol. The molecule has 2 aliphatic heterocycles. The maximum atomic E-state index is 13.6. The zero-order chi connectivity index (χ0) is 25.8. The van der Waals surface area contributed by atoms with Gasteiger partial charge < -0.3 is 20.4 Å². The second-order valence-corrected chi connectivity index (χ2v) is 12.0. The Morgan fingerprint density at radius 1 is 0.946 bits per heavy atom. The van der Waals surface area contributed by atoms with Crippen LogP contribution in [-0.2, 0) is 5.41 Å². The van der Waals surface area contributed by atoms with Gasteiger partial charge in [-0.05, 0) is 80.3 Å². The van der Waals surface area contributed by atoms with E-state index in [1.807, 2.05) is 12.1 Å². The van der Waals surface area contributed by atoms with Crippen LogP contribution in [0, 0.1) is 17.7 Å². The standard InChI is InChI=1S/C29H41FN6S/c1-21-11-16-35(17-12-21)25-18-26(36-15-5-6-22(2)19-36)33-27(32-25)34-28(37)31-20-29(13-3-4-14-29)23-7-9-24(30)10-8-23/h7-10,18,21-22H,3-6,11-17,19-20H2,1-2H3,(H2,31,32,33,34,37). The normalized spacial score (nSPS) is 22.2. The Labute approximate surface area is 226 Å². The van der Waals surface area contributed by atoms with Crippen molar-refractivity contribution in [3.63, 3.8) is 0 Å². The van der Waals surface area contributed by atoms with Gasteiger partial charge in [0.1, 0.15) is 17.5 Å². The van der Waals surface area contributed by atoms with E-state index in [0.29, 0.717) is 23.5 Å². The van der Waals surface area contributed by atoms with Gasteiger partial charge in [-0.2, -0.15) is 9.97 Å². The number of thiocarbonyl (C=S) groups is 1. The highest BCUT2D eigenvalue weighted by Gasteiger charge is 2.35. The Kier molecular flexibility index (Phi) is 8.12. The van der Waals surface area contributed by atoms with Crippen molar-refractivity contribution < 1.29 is 4.39 Å². The quantitative estimate of drug-likeness (QED) is 0.457. The Hall–Kier alpha value is -2.48. The van der Waals surface area contributed by atoms with Gasteiger partial charge >= 0.3 is 0 Å². The van der Waals surface area contributed by atoms with E-state index in [9.17, 15) is 4.39 Å². The van der Waals surface area contributed by atoms with Gasteiger partial charge in [0.2, 0.25) is 5.95 Å². The first-order valence-electron chi connectivity index (χ1n) is 14.1. The van der Waals surface area contributed by atoms with Crippen molar-refractivity contribution in [2.75, 3.05) is 47.8 Å². The molecule has 1 atom stereocenters. The molecule has 2 saturated heterocycles. The van der Waals surface area contributed by atoms with Crippen LogP contribution in [0.25, 0.3) is 0 Å². The lowest BCUT2D eigenvalue weighted by molar-refractivity contribution is 0.434. The van der Waals surface area contributed by atoms with Gasteiger partial charge in [-0.3, -0.25) is 0 Å². The molecule has 2 aromatic rings. The molecule has 37 heavy (non-hydrogen) atoms. The largest absolute Gasteiger partial charge is 0.361 e. The molecule has 0 radical (unpaired) electrons. The smallest absolute Gasteiger partial charge is 0.232 e. The number of rotatable bonds is 6. The fraction of sp³-hybridized carbons (Fsp3) is 0.621. The summed E-state index contributed by atoms with van der Waals surface area (Å²) in [6.07, 6.45) is 9.34.